The van der Waals surface area contributed by atoms with E-state index in [4.69, 9.17) is 4.52 Å². The Balaban J connectivity index is 1.73. The summed E-state index contributed by atoms with van der Waals surface area (Å²) in [7, 11) is 0. The van der Waals surface area contributed by atoms with E-state index in [0.717, 1.165) is 24.2 Å². The molecule has 4 rings (SSSR count). The molecule has 1 fully saturated rings. The molecule has 2 aromatic heterocycles. The summed E-state index contributed by atoms with van der Waals surface area (Å²) in [5.74, 6) is 1.34. The zero-order valence-electron chi connectivity index (χ0n) is 18.3. The van der Waals surface area contributed by atoms with E-state index in [1.807, 2.05) is 6.20 Å². The lowest BCUT2D eigenvalue weighted by Crippen LogP contribution is -2.55. The van der Waals surface area contributed by atoms with Crippen molar-refractivity contribution in [3.8, 4) is 11.4 Å². The number of aliphatic hydroxyl groups is 1. The van der Waals surface area contributed by atoms with Crippen molar-refractivity contribution in [2.45, 2.75) is 52.1 Å². The predicted molar refractivity (Wildman–Crippen MR) is 116 cm³/mol. The summed E-state index contributed by atoms with van der Waals surface area (Å²) in [5, 5.41) is 17.6. The molecule has 0 bridgehead atoms. The van der Waals surface area contributed by atoms with E-state index >= 15 is 0 Å². The molecule has 0 radical (unpaired) electrons. The highest BCUT2D eigenvalue weighted by Crippen LogP contribution is 2.44. The second-order valence-corrected chi connectivity index (χ2v) is 9.50. The number of pyridine rings is 1. The second-order valence-electron chi connectivity index (χ2n) is 9.50. The Morgan fingerprint density at radius 3 is 2.27 bits per heavy atom. The Hall–Kier alpha value is -2.57. The molecule has 6 nitrogen and oxygen atoms in total. The first-order chi connectivity index (χ1) is 14.2. The minimum Gasteiger partial charge on any atom is -0.381 e. The van der Waals surface area contributed by atoms with Crippen LogP contribution in [0, 0.1) is 5.41 Å². The van der Waals surface area contributed by atoms with Crippen molar-refractivity contribution < 1.29 is 9.63 Å². The molecule has 1 aromatic carbocycles. The molecule has 0 aliphatic carbocycles. The summed E-state index contributed by atoms with van der Waals surface area (Å²) < 4.78 is 5.25. The van der Waals surface area contributed by atoms with Gasteiger partial charge in [0.1, 0.15) is 5.60 Å². The molecule has 1 saturated heterocycles. The van der Waals surface area contributed by atoms with Crippen LogP contribution in [0.15, 0.2) is 47.2 Å². The summed E-state index contributed by atoms with van der Waals surface area (Å²) in [6.45, 7) is 11.9. The standard InChI is InChI=1S/C24H30N4O2/c1-15(2)16-6-8-17(9-7-16)20(24(5)13-26-14-24)18-10-19(12-25-11-18)21-27-22(30-28-21)23(3,4)29/h6-12,15,20,26,29H,13-14H2,1-5H3. The Morgan fingerprint density at radius 1 is 1.07 bits per heavy atom. The second kappa shape index (κ2) is 7.60. The van der Waals surface area contributed by atoms with Crippen LogP contribution in [-0.4, -0.2) is 33.3 Å². The van der Waals surface area contributed by atoms with Crippen molar-refractivity contribution in [1.82, 2.24) is 20.4 Å². The highest BCUT2D eigenvalue weighted by Gasteiger charge is 2.41. The zero-order chi connectivity index (χ0) is 21.5. The lowest BCUT2D eigenvalue weighted by Gasteiger charge is -2.46. The Morgan fingerprint density at radius 2 is 1.73 bits per heavy atom. The fourth-order valence-electron chi connectivity index (χ4n) is 4.12. The van der Waals surface area contributed by atoms with Crippen molar-refractivity contribution in [3.05, 3.63) is 65.3 Å². The molecule has 2 N–H and O–H groups in total. The average molecular weight is 407 g/mol. The van der Waals surface area contributed by atoms with Crippen LogP contribution in [0.1, 0.15) is 69.0 Å². The third kappa shape index (κ3) is 3.89. The molecule has 6 heteroatoms. The van der Waals surface area contributed by atoms with E-state index in [2.05, 4.69) is 71.5 Å². The Bertz CT molecular complexity index is 1010. The Kier molecular flexibility index (Phi) is 5.24. The van der Waals surface area contributed by atoms with E-state index in [-0.39, 0.29) is 17.2 Å². The predicted octanol–water partition coefficient (Wildman–Crippen LogP) is 4.22. The van der Waals surface area contributed by atoms with Gasteiger partial charge in [0.15, 0.2) is 0 Å². The number of nitrogens with one attached hydrogen (secondary N) is 1. The van der Waals surface area contributed by atoms with Crippen LogP contribution < -0.4 is 5.32 Å². The van der Waals surface area contributed by atoms with Crippen molar-refractivity contribution >= 4 is 0 Å². The topological polar surface area (TPSA) is 84.1 Å². The van der Waals surface area contributed by atoms with Crippen LogP contribution in [0.2, 0.25) is 0 Å². The number of nitrogens with zero attached hydrogens (tertiary/aromatic N) is 3. The SMILES string of the molecule is CC(C)c1ccc(C(c2cncc(-c3noc(C(C)(C)O)n3)c2)C2(C)CNC2)cc1. The first kappa shape index (κ1) is 20.7. The van der Waals surface area contributed by atoms with Gasteiger partial charge in [0.2, 0.25) is 5.82 Å². The molecule has 0 amide bonds. The van der Waals surface area contributed by atoms with Gasteiger partial charge in [0.25, 0.3) is 5.89 Å². The molecule has 0 saturated carbocycles. The van der Waals surface area contributed by atoms with E-state index in [0.29, 0.717) is 11.7 Å². The summed E-state index contributed by atoms with van der Waals surface area (Å²) in [5.41, 5.74) is 3.46. The summed E-state index contributed by atoms with van der Waals surface area (Å²) in [6, 6.07) is 11.0. The number of aromatic nitrogens is 3. The largest absolute Gasteiger partial charge is 0.381 e. The maximum absolute atomic E-state index is 10.1. The number of hydrogen-bond donors (Lipinski definition) is 2. The molecule has 3 heterocycles. The van der Waals surface area contributed by atoms with Crippen molar-refractivity contribution in [2.24, 2.45) is 5.41 Å². The number of hydrogen-bond acceptors (Lipinski definition) is 6. The molecule has 1 aliphatic rings. The first-order valence-electron chi connectivity index (χ1n) is 10.5. The summed E-state index contributed by atoms with van der Waals surface area (Å²) in [4.78, 5) is 8.86. The third-order valence-electron chi connectivity index (χ3n) is 5.99. The minimum atomic E-state index is -1.18. The van der Waals surface area contributed by atoms with Gasteiger partial charge in [-0.2, -0.15) is 4.98 Å². The minimum absolute atomic E-state index is 0.106. The molecule has 1 unspecified atom stereocenters. The van der Waals surface area contributed by atoms with Gasteiger partial charge in [0, 0.05) is 42.4 Å². The van der Waals surface area contributed by atoms with E-state index in [1.165, 1.54) is 11.1 Å². The molecular formula is C24H30N4O2. The Labute approximate surface area is 177 Å². The smallest absolute Gasteiger partial charge is 0.258 e. The van der Waals surface area contributed by atoms with Gasteiger partial charge in [-0.3, -0.25) is 4.98 Å². The van der Waals surface area contributed by atoms with E-state index in [1.54, 1.807) is 20.0 Å². The first-order valence-corrected chi connectivity index (χ1v) is 10.5. The van der Waals surface area contributed by atoms with Gasteiger partial charge < -0.3 is 14.9 Å². The normalized spacial score (nSPS) is 17.0. The van der Waals surface area contributed by atoms with Gasteiger partial charge in [0.05, 0.1) is 0 Å². The van der Waals surface area contributed by atoms with Gasteiger partial charge in [-0.05, 0) is 42.5 Å². The van der Waals surface area contributed by atoms with E-state index < -0.39 is 5.60 Å². The van der Waals surface area contributed by atoms with Crippen LogP contribution in [0.3, 0.4) is 0 Å². The highest BCUT2D eigenvalue weighted by atomic mass is 16.5. The molecule has 30 heavy (non-hydrogen) atoms. The quantitative estimate of drug-likeness (QED) is 0.637. The zero-order valence-corrected chi connectivity index (χ0v) is 18.3. The fourth-order valence-corrected chi connectivity index (χ4v) is 4.12. The molecule has 158 valence electrons. The summed E-state index contributed by atoms with van der Waals surface area (Å²) in [6.07, 6.45) is 3.67. The van der Waals surface area contributed by atoms with Crippen LogP contribution in [0.4, 0.5) is 0 Å². The van der Waals surface area contributed by atoms with E-state index in [9.17, 15) is 5.11 Å². The van der Waals surface area contributed by atoms with Crippen molar-refractivity contribution in [3.63, 3.8) is 0 Å². The highest BCUT2D eigenvalue weighted by molar-refractivity contribution is 5.55. The summed E-state index contributed by atoms with van der Waals surface area (Å²) >= 11 is 0. The lowest BCUT2D eigenvalue weighted by molar-refractivity contribution is 0.0420. The molecule has 3 aromatic rings. The van der Waals surface area contributed by atoms with Crippen LogP contribution in [0.25, 0.3) is 11.4 Å². The van der Waals surface area contributed by atoms with Gasteiger partial charge in [-0.25, -0.2) is 0 Å². The molecular weight excluding hydrogens is 376 g/mol. The van der Waals surface area contributed by atoms with Crippen LogP contribution in [0.5, 0.6) is 0 Å². The maximum Gasteiger partial charge on any atom is 0.258 e. The average Bonchev–Trinajstić information content (AvgIpc) is 3.18. The van der Waals surface area contributed by atoms with Gasteiger partial charge >= 0.3 is 0 Å². The number of rotatable bonds is 6. The van der Waals surface area contributed by atoms with Crippen molar-refractivity contribution in [2.75, 3.05) is 13.1 Å². The molecule has 1 atom stereocenters. The van der Waals surface area contributed by atoms with Crippen molar-refractivity contribution in [1.29, 1.82) is 0 Å². The van der Waals surface area contributed by atoms with Gasteiger partial charge in [-0.1, -0.05) is 50.2 Å². The maximum atomic E-state index is 10.1. The van der Waals surface area contributed by atoms with Gasteiger partial charge in [-0.15, -0.1) is 0 Å². The number of benzene rings is 1. The lowest BCUT2D eigenvalue weighted by atomic mass is 9.66. The molecule has 0 spiro atoms. The molecule has 1 aliphatic heterocycles. The fraction of sp³-hybridized carbons (Fsp3) is 0.458. The van der Waals surface area contributed by atoms with Crippen LogP contribution >= 0.6 is 0 Å². The monoisotopic (exact) mass is 406 g/mol. The van der Waals surface area contributed by atoms with Crippen LogP contribution in [-0.2, 0) is 5.60 Å². The third-order valence-corrected chi connectivity index (χ3v) is 5.99.